The maximum atomic E-state index is 11.5. The molecule has 1 aromatic rings. The Hall–Kier alpha value is -1.39. The van der Waals surface area contributed by atoms with Crippen LogP contribution in [0, 0.1) is 0 Å². The zero-order valence-corrected chi connectivity index (χ0v) is 8.57. The Balaban J connectivity index is 2.67. The van der Waals surface area contributed by atoms with Crippen molar-refractivity contribution in [2.75, 3.05) is 19.7 Å². The fourth-order valence-corrected chi connectivity index (χ4v) is 1.28. The Bertz CT molecular complexity index is 326. The molecule has 0 aromatic heterocycles. The van der Waals surface area contributed by atoms with E-state index in [1.54, 1.807) is 12.1 Å². The van der Waals surface area contributed by atoms with Crippen molar-refractivity contribution in [3.63, 3.8) is 0 Å². The summed E-state index contributed by atoms with van der Waals surface area (Å²) < 4.78 is 0. The highest BCUT2D eigenvalue weighted by atomic mass is 16.2. The summed E-state index contributed by atoms with van der Waals surface area (Å²) in [5, 5.41) is 11.5. The SMILES string of the molecule is NCCNC(=O)c1cccc(CCO)c1. The second kappa shape index (κ2) is 6.16. The van der Waals surface area contributed by atoms with Crippen molar-refractivity contribution in [2.24, 2.45) is 5.73 Å². The molecular formula is C11H16N2O2. The van der Waals surface area contributed by atoms with Gasteiger partial charge in [-0.25, -0.2) is 0 Å². The molecule has 0 aliphatic rings. The van der Waals surface area contributed by atoms with Crippen molar-refractivity contribution < 1.29 is 9.90 Å². The number of rotatable bonds is 5. The van der Waals surface area contributed by atoms with Crippen LogP contribution in [0.2, 0.25) is 0 Å². The van der Waals surface area contributed by atoms with Crippen molar-refractivity contribution in [1.82, 2.24) is 5.32 Å². The molecule has 0 saturated heterocycles. The Labute approximate surface area is 89.1 Å². The van der Waals surface area contributed by atoms with E-state index in [0.717, 1.165) is 5.56 Å². The van der Waals surface area contributed by atoms with Crippen LogP contribution in [0.15, 0.2) is 24.3 Å². The van der Waals surface area contributed by atoms with Crippen LogP contribution >= 0.6 is 0 Å². The molecule has 0 aliphatic heterocycles. The molecule has 4 heteroatoms. The van der Waals surface area contributed by atoms with E-state index in [1.165, 1.54) is 0 Å². The van der Waals surface area contributed by atoms with E-state index < -0.39 is 0 Å². The molecule has 82 valence electrons. The molecule has 15 heavy (non-hydrogen) atoms. The first-order valence-electron chi connectivity index (χ1n) is 4.96. The van der Waals surface area contributed by atoms with Crippen LogP contribution < -0.4 is 11.1 Å². The molecule has 0 bridgehead atoms. The Morgan fingerprint density at radius 2 is 2.27 bits per heavy atom. The third kappa shape index (κ3) is 3.69. The number of amides is 1. The van der Waals surface area contributed by atoms with Gasteiger partial charge in [0, 0.05) is 25.3 Å². The maximum Gasteiger partial charge on any atom is 0.251 e. The smallest absolute Gasteiger partial charge is 0.251 e. The normalized spacial score (nSPS) is 10.0. The largest absolute Gasteiger partial charge is 0.396 e. The molecule has 1 amide bonds. The summed E-state index contributed by atoms with van der Waals surface area (Å²) in [6.07, 6.45) is 0.567. The lowest BCUT2D eigenvalue weighted by atomic mass is 10.1. The summed E-state index contributed by atoms with van der Waals surface area (Å²) in [5.74, 6) is -0.125. The molecule has 0 spiro atoms. The van der Waals surface area contributed by atoms with Crippen molar-refractivity contribution in [2.45, 2.75) is 6.42 Å². The van der Waals surface area contributed by atoms with Gasteiger partial charge in [0.05, 0.1) is 0 Å². The number of benzene rings is 1. The second-order valence-corrected chi connectivity index (χ2v) is 3.22. The molecule has 0 heterocycles. The zero-order valence-electron chi connectivity index (χ0n) is 8.57. The second-order valence-electron chi connectivity index (χ2n) is 3.22. The van der Waals surface area contributed by atoms with E-state index in [9.17, 15) is 4.79 Å². The lowest BCUT2D eigenvalue weighted by Crippen LogP contribution is -2.29. The zero-order chi connectivity index (χ0) is 11.1. The van der Waals surface area contributed by atoms with Gasteiger partial charge in [0.2, 0.25) is 0 Å². The van der Waals surface area contributed by atoms with Crippen LogP contribution in [0.25, 0.3) is 0 Å². The minimum atomic E-state index is -0.125. The first-order chi connectivity index (χ1) is 7.27. The molecule has 0 atom stereocenters. The number of hydrogen-bond donors (Lipinski definition) is 3. The quantitative estimate of drug-likeness (QED) is 0.633. The molecule has 4 N–H and O–H groups in total. The molecule has 0 radical (unpaired) electrons. The maximum absolute atomic E-state index is 11.5. The number of aliphatic hydroxyl groups excluding tert-OH is 1. The Morgan fingerprint density at radius 3 is 2.93 bits per heavy atom. The van der Waals surface area contributed by atoms with Crippen LogP contribution in [0.5, 0.6) is 0 Å². The molecule has 0 aliphatic carbocycles. The summed E-state index contributed by atoms with van der Waals surface area (Å²) in [5.41, 5.74) is 6.85. The highest BCUT2D eigenvalue weighted by Gasteiger charge is 2.04. The highest BCUT2D eigenvalue weighted by Crippen LogP contribution is 2.05. The van der Waals surface area contributed by atoms with Crippen molar-refractivity contribution in [3.8, 4) is 0 Å². The third-order valence-corrected chi connectivity index (χ3v) is 2.02. The van der Waals surface area contributed by atoms with Gasteiger partial charge in [-0.1, -0.05) is 12.1 Å². The molecule has 1 rings (SSSR count). The molecule has 1 aromatic carbocycles. The number of nitrogens with two attached hydrogens (primary N) is 1. The minimum absolute atomic E-state index is 0.0911. The lowest BCUT2D eigenvalue weighted by molar-refractivity contribution is 0.0954. The van der Waals surface area contributed by atoms with Crippen molar-refractivity contribution in [3.05, 3.63) is 35.4 Å². The van der Waals surface area contributed by atoms with E-state index in [-0.39, 0.29) is 12.5 Å². The van der Waals surface area contributed by atoms with Gasteiger partial charge in [-0.2, -0.15) is 0 Å². The summed E-state index contributed by atoms with van der Waals surface area (Å²) in [7, 11) is 0. The molecule has 0 fully saturated rings. The van der Waals surface area contributed by atoms with Gasteiger partial charge in [-0.05, 0) is 24.1 Å². The number of carbonyl (C=O) groups excluding carboxylic acids is 1. The first kappa shape index (κ1) is 11.7. The summed E-state index contributed by atoms with van der Waals surface area (Å²) in [4.78, 5) is 11.5. The summed E-state index contributed by atoms with van der Waals surface area (Å²) in [6.45, 7) is 0.999. The van der Waals surface area contributed by atoms with Gasteiger partial charge in [0.15, 0.2) is 0 Å². The predicted octanol–water partition coefficient (Wildman–Crippen LogP) is -0.0901. The van der Waals surface area contributed by atoms with Gasteiger partial charge < -0.3 is 16.2 Å². The lowest BCUT2D eigenvalue weighted by Gasteiger charge is -2.05. The standard InChI is InChI=1S/C11H16N2O2/c12-5-6-13-11(15)10-3-1-2-9(8-10)4-7-14/h1-3,8,14H,4-7,12H2,(H,13,15). The molecule has 4 nitrogen and oxygen atoms in total. The molecular weight excluding hydrogens is 192 g/mol. The van der Waals surface area contributed by atoms with E-state index >= 15 is 0 Å². The van der Waals surface area contributed by atoms with Crippen molar-refractivity contribution in [1.29, 1.82) is 0 Å². The number of hydrogen-bond acceptors (Lipinski definition) is 3. The number of nitrogens with one attached hydrogen (secondary N) is 1. The van der Waals surface area contributed by atoms with Gasteiger partial charge in [0.1, 0.15) is 0 Å². The average Bonchev–Trinajstić information content (AvgIpc) is 2.27. The van der Waals surface area contributed by atoms with Crippen LogP contribution in [0.4, 0.5) is 0 Å². The number of aliphatic hydroxyl groups is 1. The summed E-state index contributed by atoms with van der Waals surface area (Å²) >= 11 is 0. The average molecular weight is 208 g/mol. The van der Waals surface area contributed by atoms with E-state index in [1.807, 2.05) is 12.1 Å². The van der Waals surface area contributed by atoms with Crippen LogP contribution in [0.3, 0.4) is 0 Å². The Kier molecular flexibility index (Phi) is 4.80. The fourth-order valence-electron chi connectivity index (χ4n) is 1.28. The van der Waals surface area contributed by atoms with E-state index in [2.05, 4.69) is 5.32 Å². The van der Waals surface area contributed by atoms with E-state index in [4.69, 9.17) is 10.8 Å². The van der Waals surface area contributed by atoms with Crippen LogP contribution in [-0.2, 0) is 6.42 Å². The number of carbonyl (C=O) groups is 1. The molecule has 0 unspecified atom stereocenters. The van der Waals surface area contributed by atoms with Gasteiger partial charge in [-0.15, -0.1) is 0 Å². The van der Waals surface area contributed by atoms with Gasteiger partial charge in [-0.3, -0.25) is 4.79 Å². The predicted molar refractivity (Wildman–Crippen MR) is 58.6 cm³/mol. The summed E-state index contributed by atoms with van der Waals surface area (Å²) in [6, 6.07) is 7.22. The third-order valence-electron chi connectivity index (χ3n) is 2.02. The molecule has 0 saturated carbocycles. The fraction of sp³-hybridized carbons (Fsp3) is 0.364. The van der Waals surface area contributed by atoms with E-state index in [0.29, 0.717) is 25.1 Å². The van der Waals surface area contributed by atoms with Gasteiger partial charge in [0.25, 0.3) is 5.91 Å². The topological polar surface area (TPSA) is 75.3 Å². The van der Waals surface area contributed by atoms with Crippen LogP contribution in [0.1, 0.15) is 15.9 Å². The van der Waals surface area contributed by atoms with Crippen molar-refractivity contribution >= 4 is 5.91 Å². The monoisotopic (exact) mass is 208 g/mol. The van der Waals surface area contributed by atoms with Gasteiger partial charge >= 0.3 is 0 Å². The highest BCUT2D eigenvalue weighted by molar-refractivity contribution is 5.94. The van der Waals surface area contributed by atoms with Crippen LogP contribution in [-0.4, -0.2) is 30.7 Å². The Morgan fingerprint density at radius 1 is 1.47 bits per heavy atom. The first-order valence-corrected chi connectivity index (χ1v) is 4.96. The minimum Gasteiger partial charge on any atom is -0.396 e.